The van der Waals surface area contributed by atoms with Crippen molar-refractivity contribution in [2.75, 3.05) is 11.3 Å². The second-order valence-electron chi connectivity index (χ2n) is 6.84. The van der Waals surface area contributed by atoms with E-state index >= 15 is 0 Å². The number of rotatable bonds is 5. The van der Waals surface area contributed by atoms with Gasteiger partial charge in [-0.1, -0.05) is 35.9 Å². The van der Waals surface area contributed by atoms with Crippen molar-refractivity contribution < 1.29 is 17.9 Å². The predicted octanol–water partition coefficient (Wildman–Crippen LogP) is 5.41. The summed E-state index contributed by atoms with van der Waals surface area (Å²) < 4.78 is 34.5. The third-order valence-corrected chi connectivity index (χ3v) is 8.03. The summed E-state index contributed by atoms with van der Waals surface area (Å²) >= 11 is 7.64. The summed E-state index contributed by atoms with van der Waals surface area (Å²) in [5, 5.41) is 1.87. The van der Waals surface area contributed by atoms with Crippen molar-refractivity contribution in [1.29, 1.82) is 0 Å². The second-order valence-corrected chi connectivity index (χ2v) is 10.00. The minimum Gasteiger partial charge on any atom is -0.462 e. The van der Waals surface area contributed by atoms with Crippen LogP contribution in [0.25, 0.3) is 10.8 Å². The molecule has 0 saturated heterocycles. The average Bonchev–Trinajstić information content (AvgIpc) is 3.05. The fourth-order valence-corrected chi connectivity index (χ4v) is 6.89. The molecule has 1 N–H and O–H groups in total. The maximum Gasteiger partial charge on any atom is 0.341 e. The molecule has 1 aliphatic carbocycles. The number of anilines is 1. The first-order valence-corrected chi connectivity index (χ1v) is 12.1. The van der Waals surface area contributed by atoms with E-state index in [2.05, 4.69) is 4.72 Å². The number of nitrogens with one attached hydrogen (secondary N) is 1. The summed E-state index contributed by atoms with van der Waals surface area (Å²) in [6.45, 7) is 1.97. The Balaban J connectivity index is 1.82. The molecule has 1 aliphatic rings. The lowest BCUT2D eigenvalue weighted by Crippen LogP contribution is -2.16. The van der Waals surface area contributed by atoms with Gasteiger partial charge in [0.25, 0.3) is 10.0 Å². The highest BCUT2D eigenvalue weighted by atomic mass is 35.5. The zero-order valence-electron chi connectivity index (χ0n) is 15.8. The van der Waals surface area contributed by atoms with Crippen molar-refractivity contribution >= 4 is 54.7 Å². The van der Waals surface area contributed by atoms with E-state index in [1.54, 1.807) is 25.1 Å². The van der Waals surface area contributed by atoms with Gasteiger partial charge in [-0.05, 0) is 55.7 Å². The number of hydrogen-bond donors (Lipinski definition) is 1. The largest absolute Gasteiger partial charge is 0.462 e. The van der Waals surface area contributed by atoms with Crippen LogP contribution in [-0.2, 0) is 27.6 Å². The predicted molar refractivity (Wildman–Crippen MR) is 117 cm³/mol. The molecule has 0 unspecified atom stereocenters. The SMILES string of the molecule is CCOC(=O)c1c(NS(=O)(=O)c2cccc3cccc(Cl)c23)sc2c1CCCC2. The molecule has 2 aromatic carbocycles. The highest BCUT2D eigenvalue weighted by Crippen LogP contribution is 2.40. The van der Waals surface area contributed by atoms with Gasteiger partial charge in [-0.3, -0.25) is 4.72 Å². The number of carbonyl (C=O) groups excluding carboxylic acids is 1. The smallest absolute Gasteiger partial charge is 0.341 e. The normalized spacial score (nSPS) is 13.9. The van der Waals surface area contributed by atoms with E-state index in [1.165, 1.54) is 17.4 Å². The molecule has 5 nitrogen and oxygen atoms in total. The number of sulfonamides is 1. The van der Waals surface area contributed by atoms with Crippen molar-refractivity contribution in [2.45, 2.75) is 37.5 Å². The van der Waals surface area contributed by atoms with Crippen molar-refractivity contribution in [2.24, 2.45) is 0 Å². The first-order chi connectivity index (χ1) is 13.9. The van der Waals surface area contributed by atoms with Crippen LogP contribution in [0.3, 0.4) is 0 Å². The van der Waals surface area contributed by atoms with E-state index in [1.807, 2.05) is 12.1 Å². The summed E-state index contributed by atoms with van der Waals surface area (Å²) in [6, 6.07) is 10.3. The van der Waals surface area contributed by atoms with Crippen LogP contribution in [0.2, 0.25) is 5.02 Å². The van der Waals surface area contributed by atoms with Crippen LogP contribution in [-0.4, -0.2) is 21.0 Å². The van der Waals surface area contributed by atoms with Crippen LogP contribution in [0.4, 0.5) is 5.00 Å². The van der Waals surface area contributed by atoms with E-state index in [4.69, 9.17) is 16.3 Å². The molecule has 8 heteroatoms. The fourth-order valence-electron chi connectivity index (χ4n) is 3.72. The summed E-state index contributed by atoms with van der Waals surface area (Å²) in [6.07, 6.45) is 3.60. The minimum absolute atomic E-state index is 0.0850. The molecule has 0 amide bonds. The molecule has 152 valence electrons. The molecule has 3 aromatic rings. The number of benzene rings is 2. The number of aryl methyl sites for hydroxylation is 1. The van der Waals surface area contributed by atoms with Gasteiger partial charge in [0.2, 0.25) is 0 Å². The highest BCUT2D eigenvalue weighted by molar-refractivity contribution is 7.93. The van der Waals surface area contributed by atoms with Gasteiger partial charge in [-0.15, -0.1) is 11.3 Å². The highest BCUT2D eigenvalue weighted by Gasteiger charge is 2.29. The zero-order chi connectivity index (χ0) is 20.6. The standard InChI is InChI=1S/C21H20ClNO4S2/c1-2-27-21(24)19-14-9-3-4-11-16(14)28-20(19)23-29(25,26)17-12-6-8-13-7-5-10-15(22)18(13)17/h5-8,10,12,23H,2-4,9,11H2,1H3. The van der Waals surface area contributed by atoms with Gasteiger partial charge in [0.05, 0.1) is 17.1 Å². The van der Waals surface area contributed by atoms with Crippen LogP contribution >= 0.6 is 22.9 Å². The number of fused-ring (bicyclic) bond motifs is 2. The number of ether oxygens (including phenoxy) is 1. The average molecular weight is 450 g/mol. The number of carbonyl (C=O) groups is 1. The molecule has 0 atom stereocenters. The molecule has 0 spiro atoms. The van der Waals surface area contributed by atoms with E-state index < -0.39 is 16.0 Å². The summed E-state index contributed by atoms with van der Waals surface area (Å²) in [5.41, 5.74) is 1.26. The Morgan fingerprint density at radius 3 is 2.66 bits per heavy atom. The molecule has 0 bridgehead atoms. The summed E-state index contributed by atoms with van der Waals surface area (Å²) in [5.74, 6) is -0.486. The number of halogens is 1. The Morgan fingerprint density at radius 2 is 1.90 bits per heavy atom. The first-order valence-electron chi connectivity index (χ1n) is 9.44. The molecular formula is C21H20ClNO4S2. The Kier molecular flexibility index (Phi) is 5.55. The van der Waals surface area contributed by atoms with Crippen molar-refractivity contribution in [1.82, 2.24) is 0 Å². The van der Waals surface area contributed by atoms with Gasteiger partial charge in [0.1, 0.15) is 5.00 Å². The maximum atomic E-state index is 13.3. The lowest BCUT2D eigenvalue weighted by molar-refractivity contribution is 0.0526. The van der Waals surface area contributed by atoms with Crippen molar-refractivity contribution in [3.63, 3.8) is 0 Å². The summed E-state index contributed by atoms with van der Waals surface area (Å²) in [4.78, 5) is 13.7. The molecule has 0 radical (unpaired) electrons. The van der Waals surface area contributed by atoms with Crippen molar-refractivity contribution in [3.8, 4) is 0 Å². The van der Waals surface area contributed by atoms with Crippen molar-refractivity contribution in [3.05, 3.63) is 57.4 Å². The maximum absolute atomic E-state index is 13.3. The van der Waals surface area contributed by atoms with E-state index in [0.717, 1.165) is 41.5 Å². The molecule has 0 fully saturated rings. The Hall–Kier alpha value is -2.09. The van der Waals surface area contributed by atoms with Gasteiger partial charge >= 0.3 is 5.97 Å². The number of esters is 1. The minimum atomic E-state index is -3.96. The molecule has 0 saturated carbocycles. The molecule has 1 aromatic heterocycles. The number of thiophene rings is 1. The molecule has 1 heterocycles. The lowest BCUT2D eigenvalue weighted by Gasteiger charge is -2.13. The number of hydrogen-bond acceptors (Lipinski definition) is 5. The van der Waals surface area contributed by atoms with E-state index in [-0.39, 0.29) is 11.5 Å². The van der Waals surface area contributed by atoms with E-state index in [0.29, 0.717) is 21.0 Å². The Morgan fingerprint density at radius 1 is 1.17 bits per heavy atom. The monoisotopic (exact) mass is 449 g/mol. The van der Waals surface area contributed by atoms with Gasteiger partial charge in [-0.25, -0.2) is 13.2 Å². The van der Waals surface area contributed by atoms with Crippen LogP contribution in [0.15, 0.2) is 41.3 Å². The molecular weight excluding hydrogens is 430 g/mol. The second kappa shape index (κ2) is 7.97. The van der Waals surface area contributed by atoms with Gasteiger partial charge in [0, 0.05) is 15.3 Å². The summed E-state index contributed by atoms with van der Waals surface area (Å²) in [7, 11) is -3.96. The zero-order valence-corrected chi connectivity index (χ0v) is 18.2. The fraction of sp³-hybridized carbons (Fsp3) is 0.286. The molecule has 29 heavy (non-hydrogen) atoms. The van der Waals surface area contributed by atoms with Gasteiger partial charge < -0.3 is 4.74 Å². The topological polar surface area (TPSA) is 72.5 Å². The third kappa shape index (κ3) is 3.74. The van der Waals surface area contributed by atoms with E-state index in [9.17, 15) is 13.2 Å². The van der Waals surface area contributed by atoms with Crippen LogP contribution in [0.5, 0.6) is 0 Å². The van der Waals surface area contributed by atoms with Gasteiger partial charge in [-0.2, -0.15) is 0 Å². The lowest BCUT2D eigenvalue weighted by atomic mass is 9.95. The van der Waals surface area contributed by atoms with Crippen LogP contribution < -0.4 is 4.72 Å². The Bertz CT molecular complexity index is 1200. The third-order valence-electron chi connectivity index (χ3n) is 4.98. The van der Waals surface area contributed by atoms with Crippen LogP contribution in [0, 0.1) is 0 Å². The van der Waals surface area contributed by atoms with Crippen LogP contribution in [0.1, 0.15) is 40.6 Å². The Labute approximate surface area is 178 Å². The van der Waals surface area contributed by atoms with Gasteiger partial charge in [0.15, 0.2) is 0 Å². The first kappa shape index (κ1) is 20.2. The quantitative estimate of drug-likeness (QED) is 0.528. The molecule has 0 aliphatic heterocycles. The molecule has 4 rings (SSSR count).